The molecule has 1 saturated heterocycles. The van der Waals surface area contributed by atoms with Gasteiger partial charge in [0.1, 0.15) is 22.3 Å². The van der Waals surface area contributed by atoms with E-state index >= 15 is 4.39 Å². The maximum Gasteiger partial charge on any atom is 0.410 e. The van der Waals surface area contributed by atoms with E-state index in [1.54, 1.807) is 47.4 Å². The summed E-state index contributed by atoms with van der Waals surface area (Å²) in [5.74, 6) is -0.291. The van der Waals surface area contributed by atoms with Crippen molar-refractivity contribution in [1.82, 2.24) is 14.8 Å². The lowest BCUT2D eigenvalue weighted by Crippen LogP contribution is -2.54. The van der Waals surface area contributed by atoms with Gasteiger partial charge >= 0.3 is 21.2 Å². The molecule has 13 heteroatoms. The molecule has 58 heavy (non-hydrogen) atoms. The van der Waals surface area contributed by atoms with Gasteiger partial charge in [0.25, 0.3) is 0 Å². The fourth-order valence-corrected chi connectivity index (χ4v) is 8.90. The third kappa shape index (κ3) is 10.2. The maximum absolute atomic E-state index is 16.0. The molecule has 1 atom stereocenters. The Morgan fingerprint density at radius 3 is 2.22 bits per heavy atom. The quantitative estimate of drug-likeness (QED) is 0.0724. The van der Waals surface area contributed by atoms with E-state index < -0.39 is 26.5 Å². The van der Waals surface area contributed by atoms with E-state index in [9.17, 15) is 9.59 Å². The first-order valence-corrected chi connectivity index (χ1v) is 21.2. The number of rotatable bonds is 8. The van der Waals surface area contributed by atoms with Gasteiger partial charge < -0.3 is 24.3 Å². The molecule has 0 unspecified atom stereocenters. The number of nitrogens with one attached hydrogen (secondary N) is 1. The molecule has 2 heterocycles. The zero-order chi connectivity index (χ0) is 41.8. The number of amides is 3. The number of piperazine rings is 1. The lowest BCUT2D eigenvalue weighted by atomic mass is 9.87. The molecule has 3 amide bonds. The minimum atomic E-state index is -1.92. The van der Waals surface area contributed by atoms with Crippen molar-refractivity contribution in [3.05, 3.63) is 125 Å². The van der Waals surface area contributed by atoms with E-state index in [4.69, 9.17) is 32.4 Å². The predicted octanol–water partition coefficient (Wildman–Crippen LogP) is 9.85. The van der Waals surface area contributed by atoms with Crippen molar-refractivity contribution in [2.45, 2.75) is 65.5 Å². The van der Waals surface area contributed by atoms with Crippen LogP contribution in [0.4, 0.5) is 19.7 Å². The second-order valence-electron chi connectivity index (χ2n) is 16.1. The highest BCUT2D eigenvalue weighted by atomic mass is 35.5. The van der Waals surface area contributed by atoms with Gasteiger partial charge in [-0.25, -0.2) is 19.0 Å². The van der Waals surface area contributed by atoms with Crippen molar-refractivity contribution < 1.29 is 23.1 Å². The number of carbonyl (C=O) groups excluding carboxylic acids is 2. The smallest absolute Gasteiger partial charge is 0.410 e. The van der Waals surface area contributed by atoms with Gasteiger partial charge in [-0.15, -0.1) is 0 Å². The lowest BCUT2D eigenvalue weighted by Gasteiger charge is -2.39. The fraction of sp³-hybridized carbons (Fsp3) is 0.289. The van der Waals surface area contributed by atoms with Crippen molar-refractivity contribution in [3.63, 3.8) is 0 Å². The van der Waals surface area contributed by atoms with Gasteiger partial charge in [0.15, 0.2) is 0 Å². The minimum absolute atomic E-state index is 0.0232. The monoisotopic (exact) mass is 838 g/mol. The highest BCUT2D eigenvalue weighted by molar-refractivity contribution is 6.80. The summed E-state index contributed by atoms with van der Waals surface area (Å²) >= 11 is 13.8. The van der Waals surface area contributed by atoms with Crippen molar-refractivity contribution >= 4 is 66.8 Å². The van der Waals surface area contributed by atoms with E-state index in [0.29, 0.717) is 36.4 Å². The summed E-state index contributed by atoms with van der Waals surface area (Å²) in [5, 5.41) is 4.99. The van der Waals surface area contributed by atoms with Crippen LogP contribution in [0.1, 0.15) is 54.0 Å². The van der Waals surface area contributed by atoms with Crippen molar-refractivity contribution in [1.29, 1.82) is 0 Å². The summed E-state index contributed by atoms with van der Waals surface area (Å²) < 4.78 is 28.3. The number of urea groups is 1. The van der Waals surface area contributed by atoms with E-state index in [-0.39, 0.29) is 44.7 Å². The number of halogens is 3. The highest BCUT2D eigenvalue weighted by Crippen LogP contribution is 2.41. The van der Waals surface area contributed by atoms with Crippen LogP contribution < -0.4 is 20.1 Å². The number of hydrogen-bond donors (Lipinski definition) is 1. The van der Waals surface area contributed by atoms with Crippen LogP contribution in [0, 0.1) is 5.82 Å². The molecule has 5 aromatic rings. The molecule has 301 valence electrons. The second-order valence-corrected chi connectivity index (χ2v) is 18.9. The molecule has 0 saturated carbocycles. The van der Waals surface area contributed by atoms with Gasteiger partial charge in [-0.2, -0.15) is 4.99 Å². The predicted molar refractivity (Wildman–Crippen MR) is 234 cm³/mol. The van der Waals surface area contributed by atoms with Crippen LogP contribution in [0.2, 0.25) is 10.2 Å². The Morgan fingerprint density at radius 1 is 0.879 bits per heavy atom. The number of ether oxygens (including phenoxy) is 1. The summed E-state index contributed by atoms with van der Waals surface area (Å²) in [6, 6.07) is 30.9. The Balaban J connectivity index is 1.24. The van der Waals surface area contributed by atoms with E-state index in [2.05, 4.69) is 60.3 Å². The van der Waals surface area contributed by atoms with E-state index in [0.717, 1.165) is 10.4 Å². The van der Waals surface area contributed by atoms with Crippen LogP contribution in [0.25, 0.3) is 22.4 Å². The minimum Gasteiger partial charge on any atom is -0.532 e. The number of pyridine rings is 1. The number of aliphatic imine (C=N–C) groups is 1. The van der Waals surface area contributed by atoms with Crippen molar-refractivity contribution in [2.75, 3.05) is 25.0 Å². The molecule has 1 fully saturated rings. The normalized spacial score (nSPS) is 14.8. The molecule has 0 spiro atoms. The first-order valence-electron chi connectivity index (χ1n) is 19.0. The molecule has 1 N–H and O–H groups in total. The van der Waals surface area contributed by atoms with Crippen LogP contribution in [-0.4, -0.2) is 73.6 Å². The molecule has 4 aromatic carbocycles. The van der Waals surface area contributed by atoms with Gasteiger partial charge in [-0.3, -0.25) is 0 Å². The van der Waals surface area contributed by atoms with E-state index in [1.165, 1.54) is 18.0 Å². The Morgan fingerprint density at radius 2 is 1.55 bits per heavy atom. The summed E-state index contributed by atoms with van der Waals surface area (Å²) in [6.07, 6.45) is 1.11. The average molecular weight is 840 g/mol. The standard InChI is InChI=1S/C45H47Cl2FN5O4Si/c1-29-27-52(43(55)56-45(5,6)7)24-25-53(29)28-49-42(54)50-37-18-12-11-16-33(37)34-26-35(46)40(51-41(34)47)39-36(48)17-13-19-38(39)57-58(31-14-9-8-10-15-31)32-22-20-30(21-23-32)44(2,3)4/h8-23,26,28-29H,24-25,27H2,1-7H3,(H,50,54)/b49-28+/t29-/m0/s1. The van der Waals surface area contributed by atoms with Gasteiger partial charge in [0, 0.05) is 36.8 Å². The van der Waals surface area contributed by atoms with Crippen LogP contribution in [-0.2, 0) is 10.2 Å². The Bertz CT molecular complexity index is 2300. The fourth-order valence-electron chi connectivity index (χ4n) is 6.49. The summed E-state index contributed by atoms with van der Waals surface area (Å²) in [4.78, 5) is 38.0. The lowest BCUT2D eigenvalue weighted by molar-refractivity contribution is 0.0137. The number of aromatic nitrogens is 1. The molecule has 0 bridgehead atoms. The number of benzene rings is 4. The van der Waals surface area contributed by atoms with Crippen LogP contribution in [0.3, 0.4) is 0 Å². The van der Waals surface area contributed by atoms with Crippen LogP contribution in [0.5, 0.6) is 5.75 Å². The second kappa shape index (κ2) is 17.7. The van der Waals surface area contributed by atoms with Crippen LogP contribution in [0.15, 0.2) is 108 Å². The number of para-hydroxylation sites is 1. The van der Waals surface area contributed by atoms with E-state index in [1.807, 2.05) is 62.9 Å². The molecule has 1 aromatic heterocycles. The Labute approximate surface area is 351 Å². The van der Waals surface area contributed by atoms with Crippen LogP contribution >= 0.6 is 23.2 Å². The third-order valence-corrected chi connectivity index (χ3v) is 12.2. The van der Waals surface area contributed by atoms with Crippen molar-refractivity contribution in [2.24, 2.45) is 4.99 Å². The zero-order valence-electron chi connectivity index (χ0n) is 33.6. The SMILES string of the molecule is C[C@H]1CN(C(=O)OC(C)(C)C)CCN1/C=N/C(=O)Nc1ccccc1-c1cc(Cl)c(-c2c(F)cccc2O[Si](c2ccccc2)c2ccc(C(C)(C)C)cc2)nc1Cl. The molecular formula is C45H47Cl2FN5O4Si. The number of hydrogen-bond acceptors (Lipinski definition) is 5. The molecule has 1 aliphatic heterocycles. The molecule has 1 radical (unpaired) electrons. The van der Waals surface area contributed by atoms with Crippen molar-refractivity contribution in [3.8, 4) is 28.1 Å². The third-order valence-electron chi connectivity index (χ3n) is 9.52. The van der Waals surface area contributed by atoms with Gasteiger partial charge in [0.05, 0.1) is 28.3 Å². The number of anilines is 1. The molecule has 9 nitrogen and oxygen atoms in total. The first kappa shape index (κ1) is 42.4. The maximum atomic E-state index is 16.0. The highest BCUT2D eigenvalue weighted by Gasteiger charge is 2.30. The Kier molecular flexibility index (Phi) is 12.9. The summed E-state index contributed by atoms with van der Waals surface area (Å²) in [5.41, 5.74) is 2.16. The molecular weight excluding hydrogens is 793 g/mol. The molecule has 0 aliphatic carbocycles. The molecule has 6 rings (SSSR count). The summed E-state index contributed by atoms with van der Waals surface area (Å²) in [6.45, 7) is 15.3. The van der Waals surface area contributed by atoms with Gasteiger partial charge in [0.2, 0.25) is 0 Å². The zero-order valence-corrected chi connectivity index (χ0v) is 36.2. The number of nitrogens with zero attached hydrogens (tertiary/aromatic N) is 4. The van der Waals surface area contributed by atoms with Gasteiger partial charge in [-0.1, -0.05) is 123 Å². The Hall–Kier alpha value is -5.23. The first-order chi connectivity index (χ1) is 27.5. The topological polar surface area (TPSA) is 96.4 Å². The molecule has 1 aliphatic rings. The average Bonchev–Trinajstić information content (AvgIpc) is 3.17. The summed E-state index contributed by atoms with van der Waals surface area (Å²) in [7, 11) is -1.92. The van der Waals surface area contributed by atoms with Gasteiger partial charge in [-0.05, 0) is 73.3 Å². The largest absolute Gasteiger partial charge is 0.532 e. The number of carbonyl (C=O) groups is 2.